The van der Waals surface area contributed by atoms with Crippen LogP contribution in [0.25, 0.3) is 10.9 Å². The summed E-state index contributed by atoms with van der Waals surface area (Å²) in [4.78, 5) is 16.5. The first-order chi connectivity index (χ1) is 11.2. The number of hydrogen-bond donors (Lipinski definition) is 2. The van der Waals surface area contributed by atoms with Crippen molar-refractivity contribution in [2.75, 3.05) is 17.2 Å². The van der Waals surface area contributed by atoms with E-state index in [-0.39, 0.29) is 5.91 Å². The zero-order chi connectivity index (χ0) is 16.1. The summed E-state index contributed by atoms with van der Waals surface area (Å²) in [7, 11) is 0. The maximum absolute atomic E-state index is 12.1. The first-order valence-electron chi connectivity index (χ1n) is 7.66. The molecule has 0 aliphatic heterocycles. The van der Waals surface area contributed by atoms with E-state index in [1.54, 1.807) is 6.20 Å². The third-order valence-electron chi connectivity index (χ3n) is 3.64. The van der Waals surface area contributed by atoms with Crippen molar-refractivity contribution in [2.45, 2.75) is 13.3 Å². The molecule has 0 fully saturated rings. The van der Waals surface area contributed by atoms with Crippen molar-refractivity contribution in [1.82, 2.24) is 4.98 Å². The van der Waals surface area contributed by atoms with Crippen LogP contribution in [-0.4, -0.2) is 17.4 Å². The summed E-state index contributed by atoms with van der Waals surface area (Å²) in [6.07, 6.45) is 2.13. The minimum Gasteiger partial charge on any atom is -0.385 e. The van der Waals surface area contributed by atoms with Crippen LogP contribution in [0.1, 0.15) is 12.0 Å². The average Bonchev–Trinajstić information content (AvgIpc) is 2.57. The van der Waals surface area contributed by atoms with Gasteiger partial charge in [0.05, 0.1) is 11.2 Å². The smallest absolute Gasteiger partial charge is 0.226 e. The van der Waals surface area contributed by atoms with E-state index in [4.69, 9.17) is 0 Å². The molecule has 2 aromatic carbocycles. The lowest BCUT2D eigenvalue weighted by Crippen LogP contribution is -2.16. The Hall–Kier alpha value is -2.88. The highest BCUT2D eigenvalue weighted by atomic mass is 16.1. The number of carbonyl (C=O) groups is 1. The number of pyridine rings is 1. The maximum atomic E-state index is 12.1. The molecule has 2 N–H and O–H groups in total. The monoisotopic (exact) mass is 305 g/mol. The number of nitrogens with one attached hydrogen (secondary N) is 2. The molecular formula is C19H19N3O. The number of amides is 1. The Labute approximate surface area is 135 Å². The van der Waals surface area contributed by atoms with Gasteiger partial charge in [-0.3, -0.25) is 9.78 Å². The van der Waals surface area contributed by atoms with E-state index >= 15 is 0 Å². The molecule has 0 saturated heterocycles. The Bertz CT molecular complexity index is 807. The summed E-state index contributed by atoms with van der Waals surface area (Å²) in [5, 5.41) is 7.20. The van der Waals surface area contributed by atoms with Crippen LogP contribution in [-0.2, 0) is 4.79 Å². The number of para-hydroxylation sites is 1. The third kappa shape index (κ3) is 3.86. The van der Waals surface area contributed by atoms with Crippen LogP contribution in [0.15, 0.2) is 60.8 Å². The summed E-state index contributed by atoms with van der Waals surface area (Å²) in [6, 6.07) is 17.8. The summed E-state index contributed by atoms with van der Waals surface area (Å²) in [6.45, 7) is 2.64. The minimum absolute atomic E-state index is 0.0252. The highest BCUT2D eigenvalue weighted by Crippen LogP contribution is 2.20. The molecule has 1 heterocycles. The quantitative estimate of drug-likeness (QED) is 0.749. The Morgan fingerprint density at radius 1 is 1.04 bits per heavy atom. The van der Waals surface area contributed by atoms with Gasteiger partial charge in [-0.05, 0) is 31.2 Å². The van der Waals surface area contributed by atoms with Gasteiger partial charge >= 0.3 is 0 Å². The minimum atomic E-state index is -0.0252. The Morgan fingerprint density at radius 3 is 2.65 bits per heavy atom. The number of carbonyl (C=O) groups excluding carboxylic acids is 1. The summed E-state index contributed by atoms with van der Waals surface area (Å²) >= 11 is 0. The number of nitrogens with zero attached hydrogens (tertiary/aromatic N) is 1. The fourth-order valence-electron chi connectivity index (χ4n) is 2.41. The molecule has 0 aliphatic rings. The molecule has 23 heavy (non-hydrogen) atoms. The molecule has 0 atom stereocenters. The van der Waals surface area contributed by atoms with Gasteiger partial charge in [0, 0.05) is 30.2 Å². The van der Waals surface area contributed by atoms with E-state index < -0.39 is 0 Å². The van der Waals surface area contributed by atoms with Gasteiger partial charge in [0.15, 0.2) is 0 Å². The summed E-state index contributed by atoms with van der Waals surface area (Å²) < 4.78 is 0. The van der Waals surface area contributed by atoms with Crippen LogP contribution in [0, 0.1) is 6.92 Å². The van der Waals surface area contributed by atoms with Crippen molar-refractivity contribution in [3.05, 3.63) is 66.4 Å². The van der Waals surface area contributed by atoms with E-state index in [9.17, 15) is 4.79 Å². The molecule has 1 amide bonds. The van der Waals surface area contributed by atoms with Crippen molar-refractivity contribution in [1.29, 1.82) is 0 Å². The molecule has 0 unspecified atom stereocenters. The molecular weight excluding hydrogens is 286 g/mol. The van der Waals surface area contributed by atoms with Crippen molar-refractivity contribution < 1.29 is 4.79 Å². The van der Waals surface area contributed by atoms with Gasteiger partial charge in [0.25, 0.3) is 0 Å². The van der Waals surface area contributed by atoms with Crippen molar-refractivity contribution in [3.63, 3.8) is 0 Å². The zero-order valence-corrected chi connectivity index (χ0v) is 13.0. The number of benzene rings is 2. The van der Waals surface area contributed by atoms with Crippen molar-refractivity contribution in [3.8, 4) is 0 Å². The molecule has 116 valence electrons. The molecule has 0 radical (unpaired) electrons. The highest BCUT2D eigenvalue weighted by Gasteiger charge is 2.06. The number of rotatable bonds is 5. The lowest BCUT2D eigenvalue weighted by Gasteiger charge is -2.09. The number of anilines is 2. The molecule has 3 aromatic rings. The van der Waals surface area contributed by atoms with Gasteiger partial charge in [-0.2, -0.15) is 0 Å². The molecule has 0 aliphatic carbocycles. The second kappa shape index (κ2) is 6.92. The maximum Gasteiger partial charge on any atom is 0.226 e. The molecule has 0 bridgehead atoms. The fourth-order valence-corrected chi connectivity index (χ4v) is 2.41. The molecule has 0 spiro atoms. The van der Waals surface area contributed by atoms with Gasteiger partial charge < -0.3 is 10.6 Å². The topological polar surface area (TPSA) is 54.0 Å². The first kappa shape index (κ1) is 15.0. The zero-order valence-electron chi connectivity index (χ0n) is 13.0. The molecule has 0 saturated carbocycles. The van der Waals surface area contributed by atoms with E-state index in [1.165, 1.54) is 5.56 Å². The van der Waals surface area contributed by atoms with Crippen LogP contribution in [0.3, 0.4) is 0 Å². The standard InChI is InChI=1S/C19H19N3O/c1-14-7-9-16(10-8-14)20-13-11-18(23)22-17-6-2-4-15-5-3-12-21-19(15)17/h2-10,12,20H,11,13H2,1H3,(H,22,23). The largest absolute Gasteiger partial charge is 0.385 e. The Balaban J connectivity index is 1.57. The fraction of sp³-hybridized carbons (Fsp3) is 0.158. The van der Waals surface area contributed by atoms with Gasteiger partial charge in [-0.15, -0.1) is 0 Å². The lowest BCUT2D eigenvalue weighted by atomic mass is 10.2. The van der Waals surface area contributed by atoms with Crippen molar-refractivity contribution in [2.24, 2.45) is 0 Å². The highest BCUT2D eigenvalue weighted by molar-refractivity contribution is 6.00. The van der Waals surface area contributed by atoms with Gasteiger partial charge in [0.1, 0.15) is 0 Å². The molecule has 1 aromatic heterocycles. The van der Waals surface area contributed by atoms with Crippen LogP contribution >= 0.6 is 0 Å². The normalized spacial score (nSPS) is 10.5. The number of aromatic nitrogens is 1. The number of aryl methyl sites for hydroxylation is 1. The van der Waals surface area contributed by atoms with Crippen LogP contribution in [0.2, 0.25) is 0 Å². The van der Waals surface area contributed by atoms with Crippen molar-refractivity contribution >= 4 is 28.2 Å². The summed E-state index contributed by atoms with van der Waals surface area (Å²) in [5.41, 5.74) is 3.81. The van der Waals surface area contributed by atoms with Gasteiger partial charge in [-0.1, -0.05) is 35.9 Å². The predicted molar refractivity (Wildman–Crippen MR) is 94.7 cm³/mol. The Morgan fingerprint density at radius 2 is 1.83 bits per heavy atom. The molecule has 4 heteroatoms. The predicted octanol–water partition coefficient (Wildman–Crippen LogP) is 3.98. The van der Waals surface area contributed by atoms with Crippen LogP contribution < -0.4 is 10.6 Å². The van der Waals surface area contributed by atoms with E-state index in [1.807, 2.05) is 54.6 Å². The summed E-state index contributed by atoms with van der Waals surface area (Å²) in [5.74, 6) is -0.0252. The third-order valence-corrected chi connectivity index (χ3v) is 3.64. The van der Waals surface area contributed by atoms with E-state index in [0.29, 0.717) is 13.0 Å². The van der Waals surface area contributed by atoms with Gasteiger partial charge in [-0.25, -0.2) is 0 Å². The number of hydrogen-bond acceptors (Lipinski definition) is 3. The average molecular weight is 305 g/mol. The second-order valence-corrected chi connectivity index (χ2v) is 5.47. The van der Waals surface area contributed by atoms with Gasteiger partial charge in [0.2, 0.25) is 5.91 Å². The molecule has 3 rings (SSSR count). The Kier molecular flexibility index (Phi) is 4.52. The second-order valence-electron chi connectivity index (χ2n) is 5.47. The first-order valence-corrected chi connectivity index (χ1v) is 7.66. The lowest BCUT2D eigenvalue weighted by molar-refractivity contribution is -0.115. The van der Waals surface area contributed by atoms with Crippen LogP contribution in [0.4, 0.5) is 11.4 Å². The SMILES string of the molecule is Cc1ccc(NCCC(=O)Nc2cccc3cccnc23)cc1. The van der Waals surface area contributed by atoms with E-state index in [0.717, 1.165) is 22.3 Å². The van der Waals surface area contributed by atoms with E-state index in [2.05, 4.69) is 22.5 Å². The number of fused-ring (bicyclic) bond motifs is 1. The van der Waals surface area contributed by atoms with Crippen LogP contribution in [0.5, 0.6) is 0 Å². The molecule has 4 nitrogen and oxygen atoms in total.